The molecular weight excluding hydrogens is 384 g/mol. The standard InChI is InChI=1S/C20H36F2NO2SSi/c1-18(2,3)26(24)23-17(14-25-27(8,9)19(4,5)6)15-11-10-12-16(13-15)20(7,21)22/h10-13,17,23-24H,14H2,1-9H3/q+1/t17-,26?/m1/s1. The fourth-order valence-corrected chi connectivity index (χ4v) is 3.89. The van der Waals surface area contributed by atoms with Crippen molar-refractivity contribution in [3.63, 3.8) is 0 Å². The Morgan fingerprint density at radius 2 is 1.67 bits per heavy atom. The van der Waals surface area contributed by atoms with Crippen LogP contribution in [0.3, 0.4) is 0 Å². The van der Waals surface area contributed by atoms with E-state index in [0.29, 0.717) is 12.2 Å². The third-order valence-corrected chi connectivity index (χ3v) is 11.2. The van der Waals surface area contributed by atoms with E-state index >= 15 is 0 Å². The number of halogens is 2. The molecule has 0 aliphatic rings. The van der Waals surface area contributed by atoms with Crippen LogP contribution in [0.2, 0.25) is 18.1 Å². The molecule has 0 saturated carbocycles. The van der Waals surface area contributed by atoms with Gasteiger partial charge in [-0.2, -0.15) is 4.55 Å². The highest BCUT2D eigenvalue weighted by Crippen LogP contribution is 2.37. The van der Waals surface area contributed by atoms with Crippen LogP contribution in [0.1, 0.15) is 65.6 Å². The maximum Gasteiger partial charge on any atom is 0.270 e. The molecule has 0 radical (unpaired) electrons. The van der Waals surface area contributed by atoms with Gasteiger partial charge < -0.3 is 4.43 Å². The van der Waals surface area contributed by atoms with Crippen molar-refractivity contribution in [2.75, 3.05) is 6.61 Å². The highest BCUT2D eigenvalue weighted by molar-refractivity contribution is 7.90. The molecule has 2 N–H and O–H groups in total. The van der Waals surface area contributed by atoms with E-state index in [1.54, 1.807) is 6.07 Å². The lowest BCUT2D eigenvalue weighted by atomic mass is 10.0. The number of alkyl halides is 2. The van der Waals surface area contributed by atoms with Gasteiger partial charge in [0.2, 0.25) is 11.4 Å². The molecule has 156 valence electrons. The van der Waals surface area contributed by atoms with Gasteiger partial charge in [-0.05, 0) is 50.5 Å². The molecule has 2 atom stereocenters. The predicted octanol–water partition coefficient (Wildman–Crippen LogP) is 6.26. The molecule has 1 aromatic rings. The lowest BCUT2D eigenvalue weighted by molar-refractivity contribution is 0.0173. The summed E-state index contributed by atoms with van der Waals surface area (Å²) in [6.45, 7) is 17.8. The van der Waals surface area contributed by atoms with Gasteiger partial charge in [0.05, 0.1) is 6.61 Å². The van der Waals surface area contributed by atoms with Crippen LogP contribution in [0.5, 0.6) is 0 Å². The van der Waals surface area contributed by atoms with Crippen LogP contribution in [0, 0.1) is 0 Å². The minimum absolute atomic E-state index is 0.0345. The zero-order valence-electron chi connectivity index (χ0n) is 18.1. The van der Waals surface area contributed by atoms with Crippen LogP contribution < -0.4 is 4.72 Å². The van der Waals surface area contributed by atoms with Crippen molar-refractivity contribution in [1.29, 1.82) is 0 Å². The highest BCUT2D eigenvalue weighted by Gasteiger charge is 2.41. The van der Waals surface area contributed by atoms with Gasteiger partial charge in [0.25, 0.3) is 5.92 Å². The highest BCUT2D eigenvalue weighted by atomic mass is 32.2. The summed E-state index contributed by atoms with van der Waals surface area (Å²) in [5.41, 5.74) is 0.663. The minimum atomic E-state index is -2.91. The fraction of sp³-hybridized carbons (Fsp3) is 0.700. The van der Waals surface area contributed by atoms with Gasteiger partial charge >= 0.3 is 0 Å². The van der Waals surface area contributed by atoms with Gasteiger partial charge in [0, 0.05) is 12.5 Å². The van der Waals surface area contributed by atoms with E-state index in [-0.39, 0.29) is 21.4 Å². The topological polar surface area (TPSA) is 41.5 Å². The molecule has 3 nitrogen and oxygen atoms in total. The quantitative estimate of drug-likeness (QED) is 0.404. The summed E-state index contributed by atoms with van der Waals surface area (Å²) in [4.78, 5) is 0. The summed E-state index contributed by atoms with van der Waals surface area (Å²) in [5.74, 6) is -2.91. The van der Waals surface area contributed by atoms with Crippen LogP contribution >= 0.6 is 0 Å². The van der Waals surface area contributed by atoms with E-state index < -0.39 is 25.6 Å². The Bertz CT molecular complexity index is 622. The molecule has 0 aliphatic carbocycles. The maximum absolute atomic E-state index is 13.8. The summed E-state index contributed by atoms with van der Waals surface area (Å²) in [5, 5.41) is 0.0424. The molecule has 0 amide bonds. The second-order valence-corrected chi connectivity index (χ2v) is 16.5. The average molecular weight is 421 g/mol. The first-order valence-electron chi connectivity index (χ1n) is 9.27. The van der Waals surface area contributed by atoms with Gasteiger partial charge in [-0.3, -0.25) is 0 Å². The number of nitrogens with one attached hydrogen (secondary N) is 1. The normalized spacial score (nSPS) is 16.3. The van der Waals surface area contributed by atoms with E-state index in [0.717, 1.165) is 6.92 Å². The molecule has 7 heteroatoms. The summed E-state index contributed by atoms with van der Waals surface area (Å²) >= 11 is -1.10. The second kappa shape index (κ2) is 8.49. The van der Waals surface area contributed by atoms with Gasteiger partial charge in [-0.15, -0.1) is 0 Å². The van der Waals surface area contributed by atoms with Crippen molar-refractivity contribution in [3.8, 4) is 0 Å². The average Bonchev–Trinajstić information content (AvgIpc) is 2.48. The van der Waals surface area contributed by atoms with Crippen LogP contribution in [-0.2, 0) is 21.7 Å². The van der Waals surface area contributed by atoms with E-state index in [9.17, 15) is 13.3 Å². The summed E-state index contributed by atoms with van der Waals surface area (Å²) in [6, 6.07) is 6.01. The molecule has 0 aliphatic heterocycles. The molecular formula is C20H36F2NO2SSi+. The van der Waals surface area contributed by atoms with Crippen molar-refractivity contribution in [1.82, 2.24) is 4.72 Å². The molecule has 1 aromatic carbocycles. The summed E-state index contributed by atoms with van der Waals surface area (Å²) in [7, 11) is -2.01. The first-order valence-corrected chi connectivity index (χ1v) is 13.4. The Morgan fingerprint density at radius 3 is 2.11 bits per heavy atom. The van der Waals surface area contributed by atoms with Crippen LogP contribution in [0.4, 0.5) is 8.78 Å². The monoisotopic (exact) mass is 420 g/mol. The van der Waals surface area contributed by atoms with Crippen molar-refractivity contribution < 1.29 is 17.8 Å². The molecule has 0 heterocycles. The minimum Gasteiger partial charge on any atom is -0.415 e. The Labute approximate surface area is 167 Å². The van der Waals surface area contributed by atoms with E-state index in [4.69, 9.17) is 4.43 Å². The number of hydrogen-bond donors (Lipinski definition) is 2. The fourth-order valence-electron chi connectivity index (χ4n) is 2.05. The first-order chi connectivity index (χ1) is 11.9. The zero-order chi connectivity index (χ0) is 21.3. The van der Waals surface area contributed by atoms with Crippen LogP contribution in [0.15, 0.2) is 24.3 Å². The van der Waals surface area contributed by atoms with Crippen molar-refractivity contribution in [2.24, 2.45) is 0 Å². The largest absolute Gasteiger partial charge is 0.415 e. The Balaban J connectivity index is 3.16. The smallest absolute Gasteiger partial charge is 0.270 e. The van der Waals surface area contributed by atoms with Gasteiger partial charge in [0.1, 0.15) is 6.04 Å². The Kier molecular flexibility index (Phi) is 7.73. The molecule has 27 heavy (non-hydrogen) atoms. The lowest BCUT2D eigenvalue weighted by Gasteiger charge is -2.37. The van der Waals surface area contributed by atoms with Gasteiger partial charge in [0.15, 0.2) is 13.1 Å². The van der Waals surface area contributed by atoms with Crippen molar-refractivity contribution in [3.05, 3.63) is 35.4 Å². The zero-order valence-corrected chi connectivity index (χ0v) is 19.9. The second-order valence-electron chi connectivity index (χ2n) is 9.65. The molecule has 1 rings (SSSR count). The Morgan fingerprint density at radius 1 is 1.11 bits per heavy atom. The van der Waals surface area contributed by atoms with Gasteiger partial charge in [-0.1, -0.05) is 43.7 Å². The summed E-state index contributed by atoms with van der Waals surface area (Å²) < 4.78 is 47.3. The van der Waals surface area contributed by atoms with Gasteiger partial charge in [-0.25, -0.2) is 8.78 Å². The maximum atomic E-state index is 13.8. The van der Waals surface area contributed by atoms with Crippen LogP contribution in [-0.4, -0.2) is 24.2 Å². The molecule has 0 aromatic heterocycles. The van der Waals surface area contributed by atoms with Crippen molar-refractivity contribution >= 4 is 19.7 Å². The SMILES string of the molecule is CC(F)(F)c1cccc([C@@H](CO[Si](C)(C)C(C)(C)C)N[S+](O)C(C)(C)C)c1. The van der Waals surface area contributed by atoms with E-state index in [1.165, 1.54) is 12.1 Å². The lowest BCUT2D eigenvalue weighted by Crippen LogP contribution is -2.46. The molecule has 0 saturated heterocycles. The Hall–Kier alpha value is -0.473. The number of benzene rings is 1. The number of hydrogen-bond acceptors (Lipinski definition) is 3. The van der Waals surface area contributed by atoms with E-state index in [2.05, 4.69) is 38.6 Å². The predicted molar refractivity (Wildman–Crippen MR) is 115 cm³/mol. The van der Waals surface area contributed by atoms with Crippen molar-refractivity contribution in [2.45, 2.75) is 83.3 Å². The molecule has 0 fully saturated rings. The molecule has 0 bridgehead atoms. The first kappa shape index (κ1) is 24.6. The summed E-state index contributed by atoms with van der Waals surface area (Å²) in [6.07, 6.45) is 0. The third-order valence-electron chi connectivity index (χ3n) is 5.05. The van der Waals surface area contributed by atoms with Crippen LogP contribution in [0.25, 0.3) is 0 Å². The third kappa shape index (κ3) is 7.13. The molecule has 1 unspecified atom stereocenters. The van der Waals surface area contributed by atoms with E-state index in [1.807, 2.05) is 26.8 Å². The number of rotatable bonds is 7. The molecule has 0 spiro atoms.